The Balaban J connectivity index is 0.000000153. The lowest BCUT2D eigenvalue weighted by Crippen LogP contribution is -2.50. The molecular formula is C37H28BClO3P-. The number of benzene rings is 7. The predicted molar refractivity (Wildman–Crippen MR) is 181 cm³/mol. The van der Waals surface area contributed by atoms with Gasteiger partial charge in [-0.25, -0.2) is 0 Å². The lowest BCUT2D eigenvalue weighted by Gasteiger charge is -2.27. The van der Waals surface area contributed by atoms with Gasteiger partial charge in [0.2, 0.25) is 0 Å². The number of rotatable bonds is 6. The second kappa shape index (κ2) is 13.0. The molecule has 7 aromatic carbocycles. The van der Waals surface area contributed by atoms with Crippen LogP contribution in [-0.4, -0.2) is 12.9 Å². The largest absolute Gasteiger partial charge is 0.860 e. The highest BCUT2D eigenvalue weighted by atomic mass is 35.5. The van der Waals surface area contributed by atoms with Gasteiger partial charge in [0, 0.05) is 5.39 Å². The summed E-state index contributed by atoms with van der Waals surface area (Å²) in [4.78, 5) is 0. The molecule has 0 saturated carbocycles. The van der Waals surface area contributed by atoms with Crippen LogP contribution in [0.15, 0.2) is 158 Å². The molecule has 0 bridgehead atoms. The van der Waals surface area contributed by atoms with Crippen LogP contribution in [0.1, 0.15) is 0 Å². The highest BCUT2D eigenvalue weighted by Gasteiger charge is 2.44. The molecular weight excluding hydrogens is 570 g/mol. The molecule has 0 heterocycles. The van der Waals surface area contributed by atoms with E-state index in [1.54, 1.807) is 12.1 Å². The molecule has 210 valence electrons. The minimum atomic E-state index is -2.33. The minimum absolute atomic E-state index is 0.341. The monoisotopic (exact) mass is 597 g/mol. The van der Waals surface area contributed by atoms with E-state index in [9.17, 15) is 10.0 Å². The first-order chi connectivity index (χ1) is 21.1. The summed E-state index contributed by atoms with van der Waals surface area (Å²) in [7, 11) is -4.10. The van der Waals surface area contributed by atoms with Crippen LogP contribution >= 0.6 is 18.9 Å². The molecule has 6 heteroatoms. The maximum absolute atomic E-state index is 10.9. The van der Waals surface area contributed by atoms with Crippen molar-refractivity contribution in [3.63, 3.8) is 0 Å². The number of halogens is 1. The van der Waals surface area contributed by atoms with Crippen molar-refractivity contribution in [3.05, 3.63) is 158 Å². The fourth-order valence-electron chi connectivity index (χ4n) is 5.67. The van der Waals surface area contributed by atoms with E-state index in [2.05, 4.69) is 109 Å². The first kappa shape index (κ1) is 28.9. The zero-order valence-corrected chi connectivity index (χ0v) is 25.0. The van der Waals surface area contributed by atoms with Crippen LogP contribution in [0.25, 0.3) is 32.3 Å². The normalized spacial score (nSPS) is 11.2. The van der Waals surface area contributed by atoms with Crippen molar-refractivity contribution in [2.24, 2.45) is 0 Å². The van der Waals surface area contributed by atoms with Crippen molar-refractivity contribution in [1.29, 1.82) is 0 Å². The number of hydrogen-bond donors (Lipinski definition) is 0. The topological polar surface area (TPSA) is 55.3 Å². The van der Waals surface area contributed by atoms with E-state index in [4.69, 9.17) is 16.3 Å². The second-order valence-electron chi connectivity index (χ2n) is 10.2. The third-order valence-corrected chi connectivity index (χ3v) is 12.7. The Hall–Kier alpha value is -4.18. The SMILES string of the molecule is ClC[P+](c1ccccc1)(c1ccccc1)c1ccccc1.[O-]B([O-])Oc1cccc2ccc3cc4ccccc4cc3c12. The Labute approximate surface area is 257 Å². The van der Waals surface area contributed by atoms with Gasteiger partial charge in [-0.15, -0.1) is 0 Å². The van der Waals surface area contributed by atoms with Gasteiger partial charge in [0.15, 0.2) is 0 Å². The van der Waals surface area contributed by atoms with Gasteiger partial charge in [-0.1, -0.05) is 115 Å². The zero-order chi connectivity index (χ0) is 29.6. The number of fused-ring (bicyclic) bond motifs is 4. The van der Waals surface area contributed by atoms with E-state index in [1.807, 2.05) is 36.4 Å². The lowest BCUT2D eigenvalue weighted by molar-refractivity contribution is -0.372. The van der Waals surface area contributed by atoms with Crippen LogP contribution in [0.3, 0.4) is 0 Å². The third kappa shape index (κ3) is 5.88. The first-order valence-electron chi connectivity index (χ1n) is 14.0. The average molecular weight is 598 g/mol. The van der Waals surface area contributed by atoms with E-state index >= 15 is 0 Å². The molecule has 0 unspecified atom stereocenters. The summed E-state index contributed by atoms with van der Waals surface area (Å²) in [6.07, 6.45) is 0. The van der Waals surface area contributed by atoms with Crippen LogP contribution < -0.4 is 30.6 Å². The smallest absolute Gasteiger partial charge is 0.146 e. The van der Waals surface area contributed by atoms with Gasteiger partial charge < -0.3 is 14.7 Å². The summed E-state index contributed by atoms with van der Waals surface area (Å²) in [5.74, 6) is 0.341. The highest BCUT2D eigenvalue weighted by Crippen LogP contribution is 2.55. The summed E-state index contributed by atoms with van der Waals surface area (Å²) in [5.41, 5.74) is 0.616. The van der Waals surface area contributed by atoms with Crippen molar-refractivity contribution in [2.75, 3.05) is 5.62 Å². The number of alkyl halides is 1. The van der Waals surface area contributed by atoms with Crippen LogP contribution in [0.2, 0.25) is 0 Å². The second-order valence-corrected chi connectivity index (χ2v) is 14.3. The maximum atomic E-state index is 10.9. The number of hydrogen-bond acceptors (Lipinski definition) is 3. The average Bonchev–Trinajstić information content (AvgIpc) is 3.06. The van der Waals surface area contributed by atoms with E-state index in [1.165, 1.54) is 15.9 Å². The summed E-state index contributed by atoms with van der Waals surface area (Å²) in [6, 6.07) is 53.7. The molecule has 0 fully saturated rings. The van der Waals surface area contributed by atoms with Crippen molar-refractivity contribution < 1.29 is 14.7 Å². The molecule has 7 rings (SSSR count). The van der Waals surface area contributed by atoms with E-state index in [0.29, 0.717) is 11.4 Å². The summed E-state index contributed by atoms with van der Waals surface area (Å²) in [5, 5.41) is 31.9. The lowest BCUT2D eigenvalue weighted by atomic mass is 9.97. The maximum Gasteiger partial charge on any atom is 0.146 e. The summed E-state index contributed by atoms with van der Waals surface area (Å²) >= 11 is 6.58. The molecule has 0 N–H and O–H groups in total. The van der Waals surface area contributed by atoms with Crippen LogP contribution in [0, 0.1) is 0 Å². The molecule has 3 nitrogen and oxygen atoms in total. The molecule has 7 aromatic rings. The van der Waals surface area contributed by atoms with E-state index in [-0.39, 0.29) is 0 Å². The predicted octanol–water partition coefficient (Wildman–Crippen LogP) is 6.41. The van der Waals surface area contributed by atoms with Gasteiger partial charge >= 0.3 is 0 Å². The molecule has 0 spiro atoms. The van der Waals surface area contributed by atoms with Crippen molar-refractivity contribution in [2.45, 2.75) is 0 Å². The van der Waals surface area contributed by atoms with Gasteiger partial charge in [-0.05, 0) is 81.5 Å². The van der Waals surface area contributed by atoms with Gasteiger partial charge in [-0.2, -0.15) is 0 Å². The Kier molecular flexibility index (Phi) is 8.74. The molecule has 0 aliphatic carbocycles. The summed E-state index contributed by atoms with van der Waals surface area (Å²) in [6.45, 7) is 0. The first-order valence-corrected chi connectivity index (χ1v) is 16.5. The quantitative estimate of drug-likeness (QED) is 0.0732. The van der Waals surface area contributed by atoms with Gasteiger partial charge in [0.1, 0.15) is 41.9 Å². The molecule has 0 amide bonds. The molecule has 0 atom stereocenters. The van der Waals surface area contributed by atoms with Crippen LogP contribution in [0.4, 0.5) is 0 Å². The van der Waals surface area contributed by atoms with Crippen LogP contribution in [0.5, 0.6) is 5.75 Å². The highest BCUT2D eigenvalue weighted by molar-refractivity contribution is 7.96. The van der Waals surface area contributed by atoms with Crippen molar-refractivity contribution in [1.82, 2.24) is 0 Å². The molecule has 0 saturated heterocycles. The minimum Gasteiger partial charge on any atom is -0.860 e. The fraction of sp³-hybridized carbons (Fsp3) is 0.0270. The molecule has 0 aliphatic rings. The molecule has 0 aliphatic heterocycles. The Morgan fingerprint density at radius 1 is 0.512 bits per heavy atom. The summed E-state index contributed by atoms with van der Waals surface area (Å²) < 4.78 is 4.94. The van der Waals surface area contributed by atoms with Crippen molar-refractivity contribution in [3.8, 4) is 5.75 Å². The third-order valence-electron chi connectivity index (χ3n) is 7.68. The van der Waals surface area contributed by atoms with E-state index in [0.717, 1.165) is 32.3 Å². The standard InChI is InChI=1S/C19H17ClP.C18H11BO3/c20-16-21(17-10-4-1-5-11-17,18-12-6-2-7-13-18)19-14-8-3-9-15-19;20-19(21)22-17-7-3-6-12-8-9-15-10-13-4-1-2-5-14(13)11-16(15)18(12)17/h1-15H,16H2;1-11H/q+1;-2. The fourth-order valence-corrected chi connectivity index (χ4v) is 10.3. The molecule has 43 heavy (non-hydrogen) atoms. The Morgan fingerprint density at radius 2 is 0.977 bits per heavy atom. The Morgan fingerprint density at radius 3 is 1.49 bits per heavy atom. The van der Waals surface area contributed by atoms with Gasteiger partial charge in [-0.3, -0.25) is 0 Å². The molecule has 0 aromatic heterocycles. The van der Waals surface area contributed by atoms with Crippen molar-refractivity contribution >= 4 is 74.4 Å². The van der Waals surface area contributed by atoms with Gasteiger partial charge in [0.25, 0.3) is 0 Å². The van der Waals surface area contributed by atoms with E-state index < -0.39 is 14.6 Å². The molecule has 0 radical (unpaired) electrons. The Bertz CT molecular complexity index is 1870. The zero-order valence-electron chi connectivity index (χ0n) is 23.3. The van der Waals surface area contributed by atoms with Gasteiger partial charge in [0.05, 0.1) is 0 Å². The van der Waals surface area contributed by atoms with Crippen LogP contribution in [-0.2, 0) is 0 Å².